The van der Waals surface area contributed by atoms with Gasteiger partial charge in [-0.15, -0.1) is 0 Å². The zero-order chi connectivity index (χ0) is 21.7. The molecule has 6 aromatic rings. The Hall–Kier alpha value is -4.53. The second kappa shape index (κ2) is 7.02. The van der Waals surface area contributed by atoms with Crippen molar-refractivity contribution in [3.63, 3.8) is 0 Å². The SMILES string of the molecule is Cc1ccncc1-c1ncc2[nH]nc(-c3nc4c(-c5ccncc5)cncc4[nH]3)c2c1F. The fourth-order valence-corrected chi connectivity index (χ4v) is 3.83. The maximum absolute atomic E-state index is 15.7. The van der Waals surface area contributed by atoms with Crippen molar-refractivity contribution in [1.82, 2.24) is 40.1 Å². The predicted octanol–water partition coefficient (Wildman–Crippen LogP) is 4.47. The molecule has 0 atom stereocenters. The first kappa shape index (κ1) is 18.3. The van der Waals surface area contributed by atoms with Gasteiger partial charge in [0.05, 0.1) is 34.3 Å². The van der Waals surface area contributed by atoms with E-state index < -0.39 is 5.82 Å². The first-order valence-corrected chi connectivity index (χ1v) is 9.89. The Balaban J connectivity index is 1.56. The zero-order valence-corrected chi connectivity index (χ0v) is 16.8. The van der Waals surface area contributed by atoms with Crippen LogP contribution in [0.2, 0.25) is 0 Å². The van der Waals surface area contributed by atoms with Crippen LogP contribution < -0.4 is 0 Å². The van der Waals surface area contributed by atoms with Crippen LogP contribution in [0.1, 0.15) is 5.56 Å². The minimum Gasteiger partial charge on any atom is -0.335 e. The average molecular weight is 422 g/mol. The van der Waals surface area contributed by atoms with E-state index in [0.29, 0.717) is 28.0 Å². The van der Waals surface area contributed by atoms with Gasteiger partial charge in [0.1, 0.15) is 11.4 Å². The van der Waals surface area contributed by atoms with Gasteiger partial charge in [-0.1, -0.05) is 0 Å². The van der Waals surface area contributed by atoms with Gasteiger partial charge in [-0.3, -0.25) is 25.0 Å². The molecule has 9 heteroatoms. The van der Waals surface area contributed by atoms with Crippen LogP contribution in [-0.4, -0.2) is 40.1 Å². The van der Waals surface area contributed by atoms with Gasteiger partial charge in [0.15, 0.2) is 11.6 Å². The molecule has 0 spiro atoms. The molecule has 0 aromatic carbocycles. The molecule has 154 valence electrons. The lowest BCUT2D eigenvalue weighted by Crippen LogP contribution is -1.94. The van der Waals surface area contributed by atoms with Crippen molar-refractivity contribution in [3.8, 4) is 33.9 Å². The number of halogens is 1. The van der Waals surface area contributed by atoms with Crippen LogP contribution in [0.15, 0.2) is 61.6 Å². The Morgan fingerprint density at radius 3 is 2.47 bits per heavy atom. The third-order valence-electron chi connectivity index (χ3n) is 5.45. The van der Waals surface area contributed by atoms with Gasteiger partial charge in [0.25, 0.3) is 0 Å². The highest BCUT2D eigenvalue weighted by molar-refractivity contribution is 5.97. The van der Waals surface area contributed by atoms with Crippen LogP contribution in [0, 0.1) is 12.7 Å². The minimum absolute atomic E-state index is 0.223. The van der Waals surface area contributed by atoms with Crippen molar-refractivity contribution in [2.45, 2.75) is 6.92 Å². The molecular weight excluding hydrogens is 407 g/mol. The largest absolute Gasteiger partial charge is 0.335 e. The first-order valence-electron chi connectivity index (χ1n) is 9.89. The molecule has 0 amide bonds. The van der Waals surface area contributed by atoms with Crippen molar-refractivity contribution < 1.29 is 4.39 Å². The molecule has 0 radical (unpaired) electrons. The molecule has 2 N–H and O–H groups in total. The molecule has 6 heterocycles. The Bertz CT molecular complexity index is 1600. The maximum atomic E-state index is 15.7. The third-order valence-corrected chi connectivity index (χ3v) is 5.45. The number of hydrogen-bond donors (Lipinski definition) is 2. The molecule has 32 heavy (non-hydrogen) atoms. The number of nitrogens with one attached hydrogen (secondary N) is 2. The second-order valence-electron chi connectivity index (χ2n) is 7.38. The molecule has 0 bridgehead atoms. The summed E-state index contributed by atoms with van der Waals surface area (Å²) in [7, 11) is 0. The van der Waals surface area contributed by atoms with E-state index in [9.17, 15) is 0 Å². The summed E-state index contributed by atoms with van der Waals surface area (Å²) in [6, 6.07) is 5.61. The third kappa shape index (κ3) is 2.75. The topological polar surface area (TPSA) is 109 Å². The molecule has 8 nitrogen and oxygen atoms in total. The Morgan fingerprint density at radius 1 is 0.812 bits per heavy atom. The van der Waals surface area contributed by atoms with Gasteiger partial charge in [0.2, 0.25) is 0 Å². The molecule has 0 fully saturated rings. The lowest BCUT2D eigenvalue weighted by Gasteiger charge is -2.06. The maximum Gasteiger partial charge on any atom is 0.161 e. The highest BCUT2D eigenvalue weighted by Gasteiger charge is 2.21. The number of pyridine rings is 4. The fraction of sp³-hybridized carbons (Fsp3) is 0.0435. The highest BCUT2D eigenvalue weighted by Crippen LogP contribution is 2.34. The Morgan fingerprint density at radius 2 is 1.62 bits per heavy atom. The minimum atomic E-state index is -0.477. The number of aromatic nitrogens is 8. The summed E-state index contributed by atoms with van der Waals surface area (Å²) in [6.45, 7) is 1.89. The molecule has 0 saturated carbocycles. The van der Waals surface area contributed by atoms with E-state index in [1.807, 2.05) is 25.1 Å². The van der Waals surface area contributed by atoms with Crippen LogP contribution in [0.3, 0.4) is 0 Å². The molecule has 0 aliphatic carbocycles. The monoisotopic (exact) mass is 422 g/mol. The number of rotatable bonds is 3. The van der Waals surface area contributed by atoms with Gasteiger partial charge >= 0.3 is 0 Å². The summed E-state index contributed by atoms with van der Waals surface area (Å²) in [4.78, 5) is 24.8. The van der Waals surface area contributed by atoms with Crippen molar-refractivity contribution in [3.05, 3.63) is 73.0 Å². The second-order valence-corrected chi connectivity index (χ2v) is 7.38. The number of hydrogen-bond acceptors (Lipinski definition) is 6. The number of aryl methyl sites for hydroxylation is 1. The molecule has 0 aliphatic heterocycles. The van der Waals surface area contributed by atoms with E-state index in [-0.39, 0.29) is 5.69 Å². The van der Waals surface area contributed by atoms with Gasteiger partial charge in [0, 0.05) is 42.1 Å². The van der Waals surface area contributed by atoms with Crippen molar-refractivity contribution in [2.75, 3.05) is 0 Å². The summed E-state index contributed by atoms with van der Waals surface area (Å²) in [6.07, 6.45) is 11.7. The van der Waals surface area contributed by atoms with Crippen LogP contribution in [0.4, 0.5) is 4.39 Å². The highest BCUT2D eigenvalue weighted by atomic mass is 19.1. The van der Waals surface area contributed by atoms with Gasteiger partial charge < -0.3 is 4.98 Å². The normalized spacial score (nSPS) is 11.4. The number of imidazole rings is 1. The molecular formula is C23H15FN8. The quantitative estimate of drug-likeness (QED) is 0.436. The number of fused-ring (bicyclic) bond motifs is 2. The molecule has 6 aromatic heterocycles. The summed E-state index contributed by atoms with van der Waals surface area (Å²) in [5, 5.41) is 7.51. The number of H-pyrrole nitrogens is 2. The molecule has 6 rings (SSSR count). The van der Waals surface area contributed by atoms with Crippen molar-refractivity contribution >= 4 is 21.9 Å². The summed E-state index contributed by atoms with van der Waals surface area (Å²) in [5.41, 5.74) is 5.82. The lowest BCUT2D eigenvalue weighted by molar-refractivity contribution is 0.638. The first-order chi connectivity index (χ1) is 15.7. The number of aromatic amines is 2. The van der Waals surface area contributed by atoms with Gasteiger partial charge in [-0.05, 0) is 36.2 Å². The summed E-state index contributed by atoms with van der Waals surface area (Å²) in [5.74, 6) is -0.0381. The van der Waals surface area contributed by atoms with Crippen molar-refractivity contribution in [2.24, 2.45) is 0 Å². The van der Waals surface area contributed by atoms with Crippen LogP contribution in [-0.2, 0) is 0 Å². The van der Waals surface area contributed by atoms with Crippen molar-refractivity contribution in [1.29, 1.82) is 0 Å². The smallest absolute Gasteiger partial charge is 0.161 e. The standard InChI is InChI=1S/C23H15FN8/c1-12-2-5-26-8-14(12)21-19(24)18-16(11-28-21)31-32-22(18)23-29-17-10-27-9-15(20(17)30-23)13-3-6-25-7-4-13/h2-11H,1H3,(H,29,30)(H,31,32). The lowest BCUT2D eigenvalue weighted by atomic mass is 10.1. The van der Waals surface area contributed by atoms with E-state index in [1.54, 1.807) is 43.4 Å². The fourth-order valence-electron chi connectivity index (χ4n) is 3.83. The van der Waals surface area contributed by atoms with Crippen LogP contribution in [0.5, 0.6) is 0 Å². The van der Waals surface area contributed by atoms with E-state index in [1.165, 1.54) is 0 Å². The summed E-state index contributed by atoms with van der Waals surface area (Å²) < 4.78 is 15.7. The predicted molar refractivity (Wildman–Crippen MR) is 118 cm³/mol. The van der Waals surface area contributed by atoms with Crippen LogP contribution >= 0.6 is 0 Å². The average Bonchev–Trinajstić information content (AvgIpc) is 3.45. The number of nitrogens with zero attached hydrogens (tertiary/aromatic N) is 6. The molecule has 0 saturated heterocycles. The van der Waals surface area contributed by atoms with E-state index >= 15 is 4.39 Å². The van der Waals surface area contributed by atoms with Gasteiger partial charge in [-0.2, -0.15) is 5.10 Å². The summed E-state index contributed by atoms with van der Waals surface area (Å²) >= 11 is 0. The Labute approximate surface area is 180 Å². The molecule has 0 aliphatic rings. The molecule has 0 unspecified atom stereocenters. The van der Waals surface area contributed by atoms with Crippen LogP contribution in [0.25, 0.3) is 55.8 Å². The van der Waals surface area contributed by atoms with E-state index in [4.69, 9.17) is 4.98 Å². The Kier molecular flexibility index (Phi) is 4.00. The van der Waals surface area contributed by atoms with Gasteiger partial charge in [-0.25, -0.2) is 9.37 Å². The van der Waals surface area contributed by atoms with E-state index in [0.717, 1.165) is 27.7 Å². The van der Waals surface area contributed by atoms with E-state index in [2.05, 4.69) is 35.1 Å². The zero-order valence-electron chi connectivity index (χ0n) is 16.8.